The highest BCUT2D eigenvalue weighted by atomic mass is 16.3. The maximum Gasteiger partial charge on any atom is 0.228 e. The summed E-state index contributed by atoms with van der Waals surface area (Å²) >= 11 is 0. The molecule has 1 heterocycles. The molecule has 1 aliphatic heterocycles. The predicted molar refractivity (Wildman–Crippen MR) is 80.7 cm³/mol. The summed E-state index contributed by atoms with van der Waals surface area (Å²) < 4.78 is 0. The van der Waals surface area contributed by atoms with Gasteiger partial charge in [-0.15, -0.1) is 0 Å². The van der Waals surface area contributed by atoms with Crippen LogP contribution in [0.25, 0.3) is 0 Å². The number of carbonyl (C=O) groups is 1. The van der Waals surface area contributed by atoms with Crippen LogP contribution in [0, 0.1) is 5.41 Å². The van der Waals surface area contributed by atoms with Crippen molar-refractivity contribution in [1.82, 2.24) is 5.32 Å². The maximum atomic E-state index is 12.1. The van der Waals surface area contributed by atoms with Gasteiger partial charge >= 0.3 is 0 Å². The second-order valence-corrected chi connectivity index (χ2v) is 6.29. The van der Waals surface area contributed by atoms with Crippen LogP contribution >= 0.6 is 0 Å². The lowest BCUT2D eigenvalue weighted by molar-refractivity contribution is -0.119. The molecule has 1 unspecified atom stereocenters. The van der Waals surface area contributed by atoms with E-state index in [1.165, 1.54) is 5.56 Å². The molecule has 1 amide bonds. The Bertz CT molecular complexity index is 485. The summed E-state index contributed by atoms with van der Waals surface area (Å²) in [6.45, 7) is 5.22. The fourth-order valence-corrected chi connectivity index (χ4v) is 2.62. The van der Waals surface area contributed by atoms with Crippen molar-refractivity contribution >= 4 is 11.6 Å². The van der Waals surface area contributed by atoms with Crippen molar-refractivity contribution in [1.29, 1.82) is 0 Å². The Kier molecular flexibility index (Phi) is 4.45. The first-order valence-corrected chi connectivity index (χ1v) is 7.14. The second kappa shape index (κ2) is 5.94. The molecule has 0 aliphatic carbocycles. The Labute approximate surface area is 120 Å². The van der Waals surface area contributed by atoms with Gasteiger partial charge in [-0.25, -0.2) is 0 Å². The van der Waals surface area contributed by atoms with Crippen molar-refractivity contribution in [3.8, 4) is 0 Å². The molecular weight excluding hydrogens is 252 g/mol. The number of rotatable bonds is 5. The van der Waals surface area contributed by atoms with Crippen LogP contribution in [0.1, 0.15) is 38.3 Å². The normalized spacial score (nSPS) is 19.1. The number of carbonyl (C=O) groups excluding carboxylic acids is 1. The molecule has 1 aliphatic rings. The van der Waals surface area contributed by atoms with Gasteiger partial charge in [0.2, 0.25) is 5.91 Å². The molecule has 0 radical (unpaired) electrons. The number of hydrogen-bond acceptors (Lipinski definition) is 3. The molecule has 1 aromatic carbocycles. The predicted octanol–water partition coefficient (Wildman–Crippen LogP) is 2.09. The number of aliphatic hydroxyl groups excluding tert-OH is 1. The molecule has 110 valence electrons. The minimum atomic E-state index is 0.0239. The molecule has 0 bridgehead atoms. The van der Waals surface area contributed by atoms with Gasteiger partial charge in [-0.2, -0.15) is 0 Å². The van der Waals surface area contributed by atoms with E-state index in [-0.39, 0.29) is 24.0 Å². The van der Waals surface area contributed by atoms with E-state index in [1.54, 1.807) is 4.90 Å². The van der Waals surface area contributed by atoms with Crippen LogP contribution in [-0.4, -0.2) is 31.2 Å². The standard InChI is InChI=1S/C16H24N2O2/c1-16(2,8-9-19)11-17-13-10-15(20)18(3)14-7-5-4-6-12(13)14/h4-7,13,17,19H,8-11H2,1-3H3. The third kappa shape index (κ3) is 3.19. The molecule has 4 heteroatoms. The summed E-state index contributed by atoms with van der Waals surface area (Å²) in [6, 6.07) is 8.10. The fourth-order valence-electron chi connectivity index (χ4n) is 2.62. The first-order chi connectivity index (χ1) is 9.44. The van der Waals surface area contributed by atoms with Gasteiger partial charge in [-0.05, 0) is 23.5 Å². The number of fused-ring (bicyclic) bond motifs is 1. The number of benzene rings is 1. The van der Waals surface area contributed by atoms with Crippen LogP contribution in [0.15, 0.2) is 24.3 Å². The Hall–Kier alpha value is -1.39. The number of aliphatic hydroxyl groups is 1. The van der Waals surface area contributed by atoms with Gasteiger partial charge in [0.1, 0.15) is 0 Å². The van der Waals surface area contributed by atoms with E-state index in [4.69, 9.17) is 5.11 Å². The average molecular weight is 276 g/mol. The molecule has 1 atom stereocenters. The average Bonchev–Trinajstić information content (AvgIpc) is 2.41. The van der Waals surface area contributed by atoms with Gasteiger partial charge in [0, 0.05) is 38.3 Å². The van der Waals surface area contributed by atoms with Crippen molar-refractivity contribution in [2.75, 3.05) is 25.1 Å². The number of nitrogens with zero attached hydrogens (tertiary/aromatic N) is 1. The Morgan fingerprint density at radius 1 is 1.40 bits per heavy atom. The van der Waals surface area contributed by atoms with E-state index < -0.39 is 0 Å². The lowest BCUT2D eigenvalue weighted by Crippen LogP contribution is -2.40. The van der Waals surface area contributed by atoms with Gasteiger partial charge in [-0.3, -0.25) is 4.79 Å². The van der Waals surface area contributed by atoms with Crippen molar-refractivity contribution in [2.45, 2.75) is 32.7 Å². The number of hydrogen-bond donors (Lipinski definition) is 2. The highest BCUT2D eigenvalue weighted by Crippen LogP contribution is 2.34. The van der Waals surface area contributed by atoms with Crippen molar-refractivity contribution in [2.24, 2.45) is 5.41 Å². The van der Waals surface area contributed by atoms with Crippen molar-refractivity contribution < 1.29 is 9.90 Å². The SMILES string of the molecule is CN1C(=O)CC(NCC(C)(C)CCO)c2ccccc21. The van der Waals surface area contributed by atoms with E-state index >= 15 is 0 Å². The molecule has 20 heavy (non-hydrogen) atoms. The zero-order chi connectivity index (χ0) is 14.8. The van der Waals surface area contributed by atoms with Gasteiger partial charge in [-0.1, -0.05) is 32.0 Å². The molecule has 0 spiro atoms. The number of nitrogens with one attached hydrogen (secondary N) is 1. The van der Waals surface area contributed by atoms with E-state index in [2.05, 4.69) is 25.2 Å². The summed E-state index contributed by atoms with van der Waals surface area (Å²) in [5.41, 5.74) is 2.19. The van der Waals surface area contributed by atoms with E-state index in [9.17, 15) is 4.79 Å². The Morgan fingerprint density at radius 2 is 2.10 bits per heavy atom. The van der Waals surface area contributed by atoms with E-state index in [0.717, 1.165) is 18.7 Å². The highest BCUT2D eigenvalue weighted by molar-refractivity contribution is 5.96. The van der Waals surface area contributed by atoms with Gasteiger partial charge in [0.15, 0.2) is 0 Å². The minimum Gasteiger partial charge on any atom is -0.396 e. The van der Waals surface area contributed by atoms with Crippen molar-refractivity contribution in [3.05, 3.63) is 29.8 Å². The largest absolute Gasteiger partial charge is 0.396 e. The lowest BCUT2D eigenvalue weighted by atomic mass is 9.88. The first kappa shape index (κ1) is 15.0. The highest BCUT2D eigenvalue weighted by Gasteiger charge is 2.29. The summed E-state index contributed by atoms with van der Waals surface area (Å²) in [6.07, 6.45) is 1.24. The van der Waals surface area contributed by atoms with Crippen LogP contribution in [0.2, 0.25) is 0 Å². The van der Waals surface area contributed by atoms with E-state index in [0.29, 0.717) is 6.42 Å². The third-order valence-corrected chi connectivity index (χ3v) is 4.04. The molecule has 0 saturated carbocycles. The zero-order valence-corrected chi connectivity index (χ0v) is 12.5. The van der Waals surface area contributed by atoms with Gasteiger partial charge < -0.3 is 15.3 Å². The summed E-state index contributed by atoms with van der Waals surface area (Å²) in [5, 5.41) is 12.6. The smallest absolute Gasteiger partial charge is 0.228 e. The van der Waals surface area contributed by atoms with Gasteiger partial charge in [0.05, 0.1) is 0 Å². The van der Waals surface area contributed by atoms with Gasteiger partial charge in [0.25, 0.3) is 0 Å². The molecule has 2 rings (SSSR count). The molecule has 2 N–H and O–H groups in total. The first-order valence-electron chi connectivity index (χ1n) is 7.14. The van der Waals surface area contributed by atoms with Crippen LogP contribution in [-0.2, 0) is 4.79 Å². The molecule has 4 nitrogen and oxygen atoms in total. The molecular formula is C16H24N2O2. The maximum absolute atomic E-state index is 12.1. The third-order valence-electron chi connectivity index (χ3n) is 4.04. The zero-order valence-electron chi connectivity index (χ0n) is 12.5. The lowest BCUT2D eigenvalue weighted by Gasteiger charge is -2.34. The quantitative estimate of drug-likeness (QED) is 0.866. The summed E-state index contributed by atoms with van der Waals surface area (Å²) in [4.78, 5) is 13.8. The number of amides is 1. The van der Waals surface area contributed by atoms with Crippen LogP contribution < -0.4 is 10.2 Å². The second-order valence-electron chi connectivity index (χ2n) is 6.29. The molecule has 1 aromatic rings. The topological polar surface area (TPSA) is 52.6 Å². The van der Waals surface area contributed by atoms with Crippen LogP contribution in [0.4, 0.5) is 5.69 Å². The van der Waals surface area contributed by atoms with E-state index in [1.807, 2.05) is 25.2 Å². The number of anilines is 1. The Morgan fingerprint density at radius 3 is 2.80 bits per heavy atom. The molecule has 0 fully saturated rings. The summed E-state index contributed by atoms with van der Waals surface area (Å²) in [5.74, 6) is 0.140. The van der Waals surface area contributed by atoms with Crippen LogP contribution in [0.5, 0.6) is 0 Å². The number of para-hydroxylation sites is 1. The summed E-state index contributed by atoms with van der Waals surface area (Å²) in [7, 11) is 1.83. The molecule has 0 saturated heterocycles. The minimum absolute atomic E-state index is 0.0239. The fraction of sp³-hybridized carbons (Fsp3) is 0.562. The van der Waals surface area contributed by atoms with Crippen molar-refractivity contribution in [3.63, 3.8) is 0 Å². The monoisotopic (exact) mass is 276 g/mol. The molecule has 0 aromatic heterocycles. The Balaban J connectivity index is 2.13. The van der Waals surface area contributed by atoms with Crippen LogP contribution in [0.3, 0.4) is 0 Å².